The van der Waals surface area contributed by atoms with Gasteiger partial charge in [-0.3, -0.25) is 0 Å². The van der Waals surface area contributed by atoms with E-state index >= 15 is 0 Å². The van der Waals surface area contributed by atoms with Crippen LogP contribution in [0.15, 0.2) is 12.1 Å². The standard InChI is InChI=1S/C25H41N5O4/c1-3-34-18-17-29(15-12-22(24(31)32)28-25(33)30-16-11-19(30)2)14-5-4-8-21-10-9-20-7-6-13-26-23(20)27-21/h9-10,19,22H,3-8,11-18H2,1-2H3,(H,26,27)(H,28,33)(H,31,32)/t19-,22+/m1/s1. The molecular weight excluding hydrogens is 434 g/mol. The minimum absolute atomic E-state index is 0.178. The number of carboxylic acids is 1. The Morgan fingerprint density at radius 2 is 2.18 bits per heavy atom. The van der Waals surface area contributed by atoms with Crippen molar-refractivity contribution in [1.29, 1.82) is 0 Å². The lowest BCUT2D eigenvalue weighted by molar-refractivity contribution is -0.139. The maximum Gasteiger partial charge on any atom is 0.326 e. The molecule has 190 valence electrons. The Kier molecular flexibility index (Phi) is 10.4. The number of hydrogen-bond acceptors (Lipinski definition) is 6. The zero-order valence-corrected chi connectivity index (χ0v) is 20.7. The molecule has 2 amide bonds. The number of carbonyl (C=O) groups is 2. The number of unbranched alkanes of at least 4 members (excludes halogenated alkanes) is 1. The van der Waals surface area contributed by atoms with E-state index in [9.17, 15) is 14.7 Å². The summed E-state index contributed by atoms with van der Waals surface area (Å²) in [5, 5.41) is 15.7. The van der Waals surface area contributed by atoms with Gasteiger partial charge in [0, 0.05) is 44.5 Å². The average Bonchev–Trinajstić information content (AvgIpc) is 2.82. The van der Waals surface area contributed by atoms with Gasteiger partial charge in [-0.2, -0.15) is 0 Å². The molecule has 0 radical (unpaired) electrons. The van der Waals surface area contributed by atoms with Crippen molar-refractivity contribution in [1.82, 2.24) is 20.1 Å². The van der Waals surface area contributed by atoms with E-state index < -0.39 is 12.0 Å². The summed E-state index contributed by atoms with van der Waals surface area (Å²) in [6.45, 7) is 9.11. The third-order valence-corrected chi connectivity index (χ3v) is 6.78. The fraction of sp³-hybridized carbons (Fsp3) is 0.720. The van der Waals surface area contributed by atoms with Gasteiger partial charge in [-0.15, -0.1) is 0 Å². The molecule has 0 spiro atoms. The molecular formula is C25H41N5O4. The maximum absolute atomic E-state index is 12.3. The first-order valence-corrected chi connectivity index (χ1v) is 12.8. The molecule has 0 bridgehead atoms. The Bertz CT molecular complexity index is 806. The molecule has 0 saturated carbocycles. The normalized spacial score (nSPS) is 18.1. The summed E-state index contributed by atoms with van der Waals surface area (Å²) in [7, 11) is 0. The number of nitrogens with one attached hydrogen (secondary N) is 2. The summed E-state index contributed by atoms with van der Waals surface area (Å²) in [6.07, 6.45) is 6.53. The van der Waals surface area contributed by atoms with E-state index in [-0.39, 0.29) is 12.1 Å². The number of amides is 2. The highest BCUT2D eigenvalue weighted by molar-refractivity contribution is 5.83. The molecule has 1 aromatic rings. The molecule has 0 aromatic carbocycles. The molecule has 9 heteroatoms. The summed E-state index contributed by atoms with van der Waals surface area (Å²) in [6, 6.07) is 3.34. The first-order chi connectivity index (χ1) is 16.5. The second-order valence-corrected chi connectivity index (χ2v) is 9.30. The largest absolute Gasteiger partial charge is 0.480 e. The number of urea groups is 1. The van der Waals surface area contributed by atoms with Crippen molar-refractivity contribution in [3.63, 3.8) is 0 Å². The molecule has 1 saturated heterocycles. The number of ether oxygens (including phenoxy) is 1. The SMILES string of the molecule is CCOCCN(CCCCc1ccc2c(n1)NCCC2)CC[C@H](NC(=O)N1CC[C@H]1C)C(=O)O. The molecule has 2 aliphatic rings. The third kappa shape index (κ3) is 7.84. The predicted octanol–water partition coefficient (Wildman–Crippen LogP) is 2.75. The van der Waals surface area contributed by atoms with E-state index in [2.05, 4.69) is 27.7 Å². The number of aromatic nitrogens is 1. The number of aliphatic carboxylic acids is 1. The van der Waals surface area contributed by atoms with Crippen molar-refractivity contribution >= 4 is 17.8 Å². The summed E-state index contributed by atoms with van der Waals surface area (Å²) in [5.74, 6) is 0.0508. The predicted molar refractivity (Wildman–Crippen MR) is 132 cm³/mol. The maximum atomic E-state index is 12.3. The molecule has 3 rings (SSSR count). The average molecular weight is 476 g/mol. The van der Waals surface area contributed by atoms with Crippen LogP contribution in [0.1, 0.15) is 57.2 Å². The van der Waals surface area contributed by atoms with Gasteiger partial charge < -0.3 is 30.3 Å². The van der Waals surface area contributed by atoms with Gasteiger partial charge in [0.1, 0.15) is 11.9 Å². The minimum Gasteiger partial charge on any atom is -0.480 e. The number of carbonyl (C=O) groups excluding carboxylic acids is 1. The number of nitrogens with zero attached hydrogens (tertiary/aromatic N) is 3. The second-order valence-electron chi connectivity index (χ2n) is 9.30. The molecule has 1 aromatic heterocycles. The second kappa shape index (κ2) is 13.5. The number of anilines is 1. The number of aryl methyl sites for hydroxylation is 2. The highest BCUT2D eigenvalue weighted by atomic mass is 16.5. The van der Waals surface area contributed by atoms with E-state index in [1.54, 1.807) is 4.90 Å². The van der Waals surface area contributed by atoms with Crippen LogP contribution in [0.25, 0.3) is 0 Å². The van der Waals surface area contributed by atoms with E-state index in [0.29, 0.717) is 32.7 Å². The van der Waals surface area contributed by atoms with E-state index in [0.717, 1.165) is 69.7 Å². The molecule has 0 aliphatic carbocycles. The van der Waals surface area contributed by atoms with Gasteiger partial charge in [0.05, 0.1) is 6.61 Å². The quantitative estimate of drug-likeness (QED) is 0.355. The molecule has 9 nitrogen and oxygen atoms in total. The molecule has 2 atom stereocenters. The van der Waals surface area contributed by atoms with Crippen molar-refractivity contribution in [2.75, 3.05) is 51.3 Å². The van der Waals surface area contributed by atoms with Crippen LogP contribution in [-0.4, -0.2) is 89.9 Å². The number of fused-ring (bicyclic) bond motifs is 1. The van der Waals surface area contributed by atoms with E-state index in [1.807, 2.05) is 13.8 Å². The summed E-state index contributed by atoms with van der Waals surface area (Å²) in [4.78, 5) is 32.8. The van der Waals surface area contributed by atoms with Crippen LogP contribution in [0.3, 0.4) is 0 Å². The number of pyridine rings is 1. The Labute approximate surface area is 203 Å². The van der Waals surface area contributed by atoms with Crippen molar-refractivity contribution in [3.8, 4) is 0 Å². The van der Waals surface area contributed by atoms with Crippen LogP contribution in [-0.2, 0) is 22.4 Å². The third-order valence-electron chi connectivity index (χ3n) is 6.78. The number of rotatable bonds is 14. The monoisotopic (exact) mass is 475 g/mol. The van der Waals surface area contributed by atoms with Crippen LogP contribution < -0.4 is 10.6 Å². The van der Waals surface area contributed by atoms with Crippen LogP contribution >= 0.6 is 0 Å². The first kappa shape index (κ1) is 26.2. The van der Waals surface area contributed by atoms with Crippen LogP contribution in [0.5, 0.6) is 0 Å². The van der Waals surface area contributed by atoms with Gasteiger partial charge in [-0.1, -0.05) is 6.07 Å². The summed E-state index contributed by atoms with van der Waals surface area (Å²) in [5.41, 5.74) is 2.42. The molecule has 1 fully saturated rings. The van der Waals surface area contributed by atoms with Gasteiger partial charge in [0.25, 0.3) is 0 Å². The Morgan fingerprint density at radius 1 is 1.32 bits per heavy atom. The molecule has 2 aliphatic heterocycles. The van der Waals surface area contributed by atoms with Gasteiger partial charge in [0.15, 0.2) is 0 Å². The number of hydrogen-bond donors (Lipinski definition) is 3. The molecule has 3 N–H and O–H groups in total. The van der Waals surface area contributed by atoms with Crippen molar-refractivity contribution < 1.29 is 19.4 Å². The van der Waals surface area contributed by atoms with Gasteiger partial charge >= 0.3 is 12.0 Å². The van der Waals surface area contributed by atoms with Crippen LogP contribution in [0.4, 0.5) is 10.6 Å². The first-order valence-electron chi connectivity index (χ1n) is 12.8. The Morgan fingerprint density at radius 3 is 2.88 bits per heavy atom. The van der Waals surface area contributed by atoms with Gasteiger partial charge in [-0.25, -0.2) is 14.6 Å². The smallest absolute Gasteiger partial charge is 0.326 e. The summed E-state index contributed by atoms with van der Waals surface area (Å²) < 4.78 is 5.53. The van der Waals surface area contributed by atoms with E-state index in [4.69, 9.17) is 9.72 Å². The van der Waals surface area contributed by atoms with Crippen LogP contribution in [0, 0.1) is 0 Å². The summed E-state index contributed by atoms with van der Waals surface area (Å²) >= 11 is 0. The molecule has 0 unspecified atom stereocenters. The van der Waals surface area contributed by atoms with Crippen molar-refractivity contribution in [3.05, 3.63) is 23.4 Å². The van der Waals surface area contributed by atoms with Gasteiger partial charge in [-0.05, 0) is 77.0 Å². The highest BCUT2D eigenvalue weighted by Gasteiger charge is 2.31. The van der Waals surface area contributed by atoms with Gasteiger partial charge in [0.2, 0.25) is 0 Å². The number of likely N-dealkylation sites (tertiary alicyclic amines) is 1. The molecule has 3 heterocycles. The fourth-order valence-electron chi connectivity index (χ4n) is 4.44. The zero-order valence-electron chi connectivity index (χ0n) is 20.7. The fourth-order valence-corrected chi connectivity index (χ4v) is 4.44. The van der Waals surface area contributed by atoms with Crippen molar-refractivity contribution in [2.45, 2.75) is 70.9 Å². The Balaban J connectivity index is 1.44. The van der Waals surface area contributed by atoms with Crippen molar-refractivity contribution in [2.24, 2.45) is 0 Å². The highest BCUT2D eigenvalue weighted by Crippen LogP contribution is 2.20. The lowest BCUT2D eigenvalue weighted by Gasteiger charge is -2.39. The molecule has 34 heavy (non-hydrogen) atoms. The topological polar surface area (TPSA) is 107 Å². The number of carboxylic acid groups (broad SMARTS) is 1. The lowest BCUT2D eigenvalue weighted by atomic mass is 10.1. The van der Waals surface area contributed by atoms with Crippen LogP contribution in [0.2, 0.25) is 0 Å². The lowest BCUT2D eigenvalue weighted by Crippen LogP contribution is -2.57. The minimum atomic E-state index is -0.988. The van der Waals surface area contributed by atoms with E-state index in [1.165, 1.54) is 5.56 Å². The Hall–Kier alpha value is -2.39. The zero-order chi connectivity index (χ0) is 24.3.